The summed E-state index contributed by atoms with van der Waals surface area (Å²) >= 11 is 5.91. The molecule has 2 aromatic carbocycles. The Morgan fingerprint density at radius 1 is 1.04 bits per heavy atom. The van der Waals surface area contributed by atoms with Gasteiger partial charge in [-0.2, -0.15) is 0 Å². The summed E-state index contributed by atoms with van der Waals surface area (Å²) in [4.78, 5) is 21.3. The molecule has 0 unspecified atom stereocenters. The summed E-state index contributed by atoms with van der Waals surface area (Å²) in [5, 5.41) is 6.85. The molecule has 3 aromatic rings. The van der Waals surface area contributed by atoms with Crippen molar-refractivity contribution in [3.63, 3.8) is 0 Å². The van der Waals surface area contributed by atoms with Gasteiger partial charge in [-0.15, -0.1) is 0 Å². The van der Waals surface area contributed by atoms with Gasteiger partial charge in [0.1, 0.15) is 17.3 Å². The summed E-state index contributed by atoms with van der Waals surface area (Å²) in [7, 11) is 0. The highest BCUT2D eigenvalue weighted by Gasteiger charge is 2.12. The molecule has 1 amide bonds. The minimum absolute atomic E-state index is 0.260. The Morgan fingerprint density at radius 2 is 1.78 bits per heavy atom. The summed E-state index contributed by atoms with van der Waals surface area (Å²) in [5.74, 6) is 0.870. The molecule has 0 saturated carbocycles. The molecular weight excluding hydrogens is 360 g/mol. The molecule has 1 aromatic heterocycles. The number of aromatic nitrogens is 2. The first kappa shape index (κ1) is 18.9. The lowest BCUT2D eigenvalue weighted by atomic mass is 10.1. The zero-order valence-corrected chi connectivity index (χ0v) is 16.3. The first-order valence-electron chi connectivity index (χ1n) is 8.64. The molecule has 0 aliphatic heterocycles. The van der Waals surface area contributed by atoms with Crippen molar-refractivity contribution in [2.75, 3.05) is 10.6 Å². The van der Waals surface area contributed by atoms with E-state index in [0.717, 1.165) is 22.4 Å². The standard InChI is InChI=1S/C21H21ClN4O/c1-13-5-4-6-18(14(13)2)26-21(27)19-11-20(25-15(3)24-19)23-12-16-7-9-17(22)10-8-16/h4-11H,12H2,1-3H3,(H,26,27)(H,23,24,25). The Morgan fingerprint density at radius 3 is 2.52 bits per heavy atom. The first-order valence-corrected chi connectivity index (χ1v) is 9.02. The van der Waals surface area contributed by atoms with Crippen LogP contribution in [-0.2, 0) is 6.54 Å². The molecule has 5 nitrogen and oxygen atoms in total. The minimum Gasteiger partial charge on any atom is -0.366 e. The van der Waals surface area contributed by atoms with Crippen LogP contribution in [0.25, 0.3) is 0 Å². The lowest BCUT2D eigenvalue weighted by Gasteiger charge is -2.11. The summed E-state index contributed by atoms with van der Waals surface area (Å²) < 4.78 is 0. The number of carbonyl (C=O) groups excluding carboxylic acids is 1. The summed E-state index contributed by atoms with van der Waals surface area (Å²) in [6, 6.07) is 15.0. The minimum atomic E-state index is -0.260. The van der Waals surface area contributed by atoms with E-state index in [4.69, 9.17) is 11.6 Å². The smallest absolute Gasteiger partial charge is 0.274 e. The number of hydrogen-bond acceptors (Lipinski definition) is 4. The van der Waals surface area contributed by atoms with Crippen LogP contribution >= 0.6 is 11.6 Å². The highest BCUT2D eigenvalue weighted by atomic mass is 35.5. The van der Waals surface area contributed by atoms with Gasteiger partial charge in [0.15, 0.2) is 0 Å². The first-order chi connectivity index (χ1) is 12.9. The van der Waals surface area contributed by atoms with Crippen molar-refractivity contribution in [2.24, 2.45) is 0 Å². The molecule has 1 heterocycles. The molecule has 6 heteroatoms. The predicted molar refractivity (Wildman–Crippen MR) is 109 cm³/mol. The van der Waals surface area contributed by atoms with Gasteiger partial charge in [0.2, 0.25) is 0 Å². The average Bonchev–Trinajstić information content (AvgIpc) is 2.64. The Labute approximate surface area is 163 Å². The molecule has 138 valence electrons. The number of aryl methyl sites for hydroxylation is 2. The fourth-order valence-electron chi connectivity index (χ4n) is 2.64. The second kappa shape index (κ2) is 8.18. The maximum absolute atomic E-state index is 12.6. The zero-order valence-electron chi connectivity index (χ0n) is 15.5. The number of amides is 1. The quantitative estimate of drug-likeness (QED) is 0.659. The van der Waals surface area contributed by atoms with Gasteiger partial charge in [-0.3, -0.25) is 4.79 Å². The molecule has 0 saturated heterocycles. The largest absolute Gasteiger partial charge is 0.366 e. The number of hydrogen-bond donors (Lipinski definition) is 2. The topological polar surface area (TPSA) is 66.9 Å². The van der Waals surface area contributed by atoms with Gasteiger partial charge in [-0.25, -0.2) is 9.97 Å². The molecule has 0 fully saturated rings. The number of anilines is 2. The van der Waals surface area contributed by atoms with E-state index >= 15 is 0 Å². The van der Waals surface area contributed by atoms with Crippen LogP contribution < -0.4 is 10.6 Å². The zero-order chi connectivity index (χ0) is 19.4. The third-order valence-corrected chi connectivity index (χ3v) is 4.56. The van der Waals surface area contributed by atoms with Crippen LogP contribution in [0.3, 0.4) is 0 Å². The molecule has 0 spiro atoms. The van der Waals surface area contributed by atoms with E-state index < -0.39 is 0 Å². The van der Waals surface area contributed by atoms with Crippen LogP contribution in [0.1, 0.15) is 33.0 Å². The maximum Gasteiger partial charge on any atom is 0.274 e. The van der Waals surface area contributed by atoms with Crippen LogP contribution in [0, 0.1) is 20.8 Å². The molecule has 0 aliphatic carbocycles. The van der Waals surface area contributed by atoms with Crippen LogP contribution in [0.2, 0.25) is 5.02 Å². The third kappa shape index (κ3) is 4.83. The second-order valence-corrected chi connectivity index (χ2v) is 6.80. The Balaban J connectivity index is 1.75. The molecule has 0 bridgehead atoms. The number of halogens is 1. The van der Waals surface area contributed by atoms with Gasteiger partial charge in [0, 0.05) is 23.3 Å². The van der Waals surface area contributed by atoms with Crippen LogP contribution in [0.4, 0.5) is 11.5 Å². The van der Waals surface area contributed by atoms with E-state index in [9.17, 15) is 4.79 Å². The van der Waals surface area contributed by atoms with Gasteiger partial charge in [-0.1, -0.05) is 35.9 Å². The maximum atomic E-state index is 12.6. The number of benzene rings is 2. The average molecular weight is 381 g/mol. The van der Waals surface area contributed by atoms with Crippen molar-refractivity contribution in [1.29, 1.82) is 0 Å². The fraction of sp³-hybridized carbons (Fsp3) is 0.190. The molecule has 27 heavy (non-hydrogen) atoms. The van der Waals surface area contributed by atoms with Crippen molar-refractivity contribution in [2.45, 2.75) is 27.3 Å². The van der Waals surface area contributed by atoms with Crippen molar-refractivity contribution < 1.29 is 4.79 Å². The molecular formula is C21H21ClN4O. The van der Waals surface area contributed by atoms with E-state index in [-0.39, 0.29) is 5.91 Å². The predicted octanol–water partition coefficient (Wildman–Crippen LogP) is 4.92. The monoisotopic (exact) mass is 380 g/mol. The summed E-state index contributed by atoms with van der Waals surface area (Å²) in [6.07, 6.45) is 0. The Kier molecular flexibility index (Phi) is 5.72. The Hall–Kier alpha value is -2.92. The second-order valence-electron chi connectivity index (χ2n) is 6.37. The molecule has 0 atom stereocenters. The fourth-order valence-corrected chi connectivity index (χ4v) is 2.77. The van der Waals surface area contributed by atoms with Crippen LogP contribution in [0.5, 0.6) is 0 Å². The number of rotatable bonds is 5. The van der Waals surface area contributed by atoms with Gasteiger partial charge in [-0.05, 0) is 55.7 Å². The normalized spacial score (nSPS) is 10.5. The van der Waals surface area contributed by atoms with Crippen molar-refractivity contribution >= 4 is 29.0 Å². The van der Waals surface area contributed by atoms with E-state index in [2.05, 4.69) is 20.6 Å². The number of nitrogens with one attached hydrogen (secondary N) is 2. The van der Waals surface area contributed by atoms with Crippen molar-refractivity contribution in [3.8, 4) is 0 Å². The van der Waals surface area contributed by atoms with Crippen molar-refractivity contribution in [3.05, 3.63) is 81.8 Å². The highest BCUT2D eigenvalue weighted by Crippen LogP contribution is 2.19. The Bertz CT molecular complexity index is 970. The molecule has 0 radical (unpaired) electrons. The van der Waals surface area contributed by atoms with Gasteiger partial charge in [0.25, 0.3) is 5.91 Å². The van der Waals surface area contributed by atoms with Crippen LogP contribution in [0.15, 0.2) is 48.5 Å². The third-order valence-electron chi connectivity index (χ3n) is 4.31. The number of carbonyl (C=O) groups is 1. The summed E-state index contributed by atoms with van der Waals surface area (Å²) in [5.41, 5.74) is 4.33. The molecule has 0 aliphatic rings. The van der Waals surface area contributed by atoms with Gasteiger partial charge in [0.05, 0.1) is 0 Å². The van der Waals surface area contributed by atoms with Gasteiger partial charge < -0.3 is 10.6 Å². The van der Waals surface area contributed by atoms with Crippen molar-refractivity contribution in [1.82, 2.24) is 9.97 Å². The highest BCUT2D eigenvalue weighted by molar-refractivity contribution is 6.30. The number of nitrogens with zero attached hydrogens (tertiary/aromatic N) is 2. The van der Waals surface area contributed by atoms with E-state index in [1.54, 1.807) is 13.0 Å². The lowest BCUT2D eigenvalue weighted by Crippen LogP contribution is -2.16. The molecule has 2 N–H and O–H groups in total. The van der Waals surface area contributed by atoms with E-state index in [0.29, 0.717) is 28.9 Å². The van der Waals surface area contributed by atoms with E-state index in [1.807, 2.05) is 56.3 Å². The van der Waals surface area contributed by atoms with Gasteiger partial charge >= 0.3 is 0 Å². The lowest BCUT2D eigenvalue weighted by molar-refractivity contribution is 0.102. The SMILES string of the molecule is Cc1nc(NCc2ccc(Cl)cc2)cc(C(=O)Nc2cccc(C)c2C)n1. The van der Waals surface area contributed by atoms with E-state index in [1.165, 1.54) is 0 Å². The molecule has 3 rings (SSSR count). The van der Waals surface area contributed by atoms with Crippen LogP contribution in [-0.4, -0.2) is 15.9 Å². The summed E-state index contributed by atoms with van der Waals surface area (Å²) in [6.45, 7) is 6.34.